The molecule has 0 amide bonds. The molecule has 2 atom stereocenters. The highest BCUT2D eigenvalue weighted by Gasteiger charge is 2.30. The molecule has 0 N–H and O–H groups in total. The van der Waals surface area contributed by atoms with Crippen molar-refractivity contribution >= 4 is 6.47 Å². The van der Waals surface area contributed by atoms with Gasteiger partial charge >= 0.3 is 0 Å². The van der Waals surface area contributed by atoms with Gasteiger partial charge in [0.25, 0.3) is 6.47 Å². The van der Waals surface area contributed by atoms with Crippen LogP contribution in [0.2, 0.25) is 0 Å². The Morgan fingerprint density at radius 1 is 1.04 bits per heavy atom. The van der Waals surface area contributed by atoms with Crippen molar-refractivity contribution in [1.82, 2.24) is 0 Å². The predicted octanol–water partition coefficient (Wildman–Crippen LogP) is 3.32. The number of benzene rings is 2. The van der Waals surface area contributed by atoms with Gasteiger partial charge in [0.05, 0.1) is 14.2 Å². The third-order valence-corrected chi connectivity index (χ3v) is 4.42. The van der Waals surface area contributed by atoms with E-state index in [-0.39, 0.29) is 12.0 Å². The van der Waals surface area contributed by atoms with Gasteiger partial charge in [0, 0.05) is 12.3 Å². The Labute approximate surface area is 136 Å². The lowest BCUT2D eigenvalue weighted by molar-refractivity contribution is -0.134. The van der Waals surface area contributed by atoms with E-state index in [0.717, 1.165) is 17.7 Å². The predicted molar refractivity (Wildman–Crippen MR) is 87.1 cm³/mol. The van der Waals surface area contributed by atoms with Crippen molar-refractivity contribution < 1.29 is 19.0 Å². The molecule has 1 aliphatic rings. The summed E-state index contributed by atoms with van der Waals surface area (Å²) >= 11 is 0. The second kappa shape index (κ2) is 6.73. The van der Waals surface area contributed by atoms with Gasteiger partial charge in [-0.2, -0.15) is 0 Å². The molecule has 0 spiro atoms. The molecule has 0 heterocycles. The highest BCUT2D eigenvalue weighted by molar-refractivity contribution is 5.52. The van der Waals surface area contributed by atoms with Gasteiger partial charge in [-0.1, -0.05) is 30.3 Å². The molecule has 1 aliphatic carbocycles. The summed E-state index contributed by atoms with van der Waals surface area (Å²) in [5.74, 6) is 1.59. The lowest BCUT2D eigenvalue weighted by Crippen LogP contribution is -2.26. The second-order valence-corrected chi connectivity index (χ2v) is 5.66. The number of carbonyl (C=O) groups excluding carboxylic acids is 1. The Morgan fingerprint density at radius 3 is 2.39 bits per heavy atom. The monoisotopic (exact) mass is 312 g/mol. The highest BCUT2D eigenvalue weighted by atomic mass is 16.5. The quantitative estimate of drug-likeness (QED) is 0.795. The minimum Gasteiger partial charge on any atom is -0.493 e. The van der Waals surface area contributed by atoms with Crippen molar-refractivity contribution in [3.05, 3.63) is 59.2 Å². The molecule has 0 aromatic heterocycles. The van der Waals surface area contributed by atoms with Crippen LogP contribution in [0, 0.1) is 0 Å². The lowest BCUT2D eigenvalue weighted by atomic mass is 9.77. The molecule has 4 nitrogen and oxygen atoms in total. The molecule has 23 heavy (non-hydrogen) atoms. The first-order valence-corrected chi connectivity index (χ1v) is 7.65. The van der Waals surface area contributed by atoms with Gasteiger partial charge in [0.15, 0.2) is 11.5 Å². The standard InChI is InChI=1S/C19H20O4/c1-21-18-9-14-8-15(23-12-20)10-16(13-6-4-3-5-7-13)17(14)11-19(18)22-2/h3-7,9,11-12,15-16H,8,10H2,1-2H3/t15-,16-/m0/s1. The van der Waals surface area contributed by atoms with Gasteiger partial charge in [-0.15, -0.1) is 0 Å². The van der Waals surface area contributed by atoms with Crippen LogP contribution in [0.1, 0.15) is 29.0 Å². The largest absolute Gasteiger partial charge is 0.493 e. The molecule has 4 heteroatoms. The Balaban J connectivity index is 2.09. The van der Waals surface area contributed by atoms with Crippen LogP contribution in [0.25, 0.3) is 0 Å². The molecule has 2 aromatic carbocycles. The number of hydrogen-bond donors (Lipinski definition) is 0. The molecular weight excluding hydrogens is 292 g/mol. The SMILES string of the molecule is COc1cc2c(cc1OC)[C@H](c1ccccc1)C[C@@H](OC=O)C2. The summed E-state index contributed by atoms with van der Waals surface area (Å²) in [6.07, 6.45) is 1.34. The maximum atomic E-state index is 10.8. The number of hydrogen-bond acceptors (Lipinski definition) is 4. The van der Waals surface area contributed by atoms with E-state index in [9.17, 15) is 4.79 Å². The molecular formula is C19H20O4. The van der Waals surface area contributed by atoms with Gasteiger partial charge in [0.2, 0.25) is 0 Å². The first-order chi connectivity index (χ1) is 11.3. The molecule has 0 unspecified atom stereocenters. The molecule has 0 aliphatic heterocycles. The van der Waals surface area contributed by atoms with Crippen molar-refractivity contribution in [1.29, 1.82) is 0 Å². The van der Waals surface area contributed by atoms with Crippen LogP contribution in [-0.4, -0.2) is 26.8 Å². The van der Waals surface area contributed by atoms with E-state index >= 15 is 0 Å². The van der Waals surface area contributed by atoms with Crippen LogP contribution in [0.5, 0.6) is 11.5 Å². The van der Waals surface area contributed by atoms with E-state index in [0.29, 0.717) is 18.6 Å². The van der Waals surface area contributed by atoms with E-state index < -0.39 is 0 Å². The topological polar surface area (TPSA) is 44.8 Å². The van der Waals surface area contributed by atoms with Crippen LogP contribution in [0.3, 0.4) is 0 Å². The molecule has 0 saturated heterocycles. The van der Waals surface area contributed by atoms with E-state index in [1.807, 2.05) is 30.3 Å². The second-order valence-electron chi connectivity index (χ2n) is 5.66. The Bertz CT molecular complexity index is 681. The zero-order chi connectivity index (χ0) is 16.2. The van der Waals surface area contributed by atoms with E-state index in [1.54, 1.807) is 14.2 Å². The minimum absolute atomic E-state index is 0.122. The van der Waals surface area contributed by atoms with Crippen LogP contribution in [0.4, 0.5) is 0 Å². The van der Waals surface area contributed by atoms with E-state index in [1.165, 1.54) is 11.1 Å². The molecule has 0 fully saturated rings. The molecule has 3 rings (SSSR count). The Hall–Kier alpha value is -2.49. The summed E-state index contributed by atoms with van der Waals surface area (Å²) in [6, 6.07) is 14.3. The first-order valence-electron chi connectivity index (χ1n) is 7.65. The maximum Gasteiger partial charge on any atom is 0.293 e. The minimum atomic E-state index is -0.122. The van der Waals surface area contributed by atoms with Crippen molar-refractivity contribution in [3.8, 4) is 11.5 Å². The molecule has 120 valence electrons. The number of rotatable bonds is 5. The van der Waals surface area contributed by atoms with Gasteiger partial charge in [-0.25, -0.2) is 0 Å². The van der Waals surface area contributed by atoms with Crippen LogP contribution >= 0.6 is 0 Å². The van der Waals surface area contributed by atoms with Gasteiger partial charge in [0.1, 0.15) is 6.10 Å². The van der Waals surface area contributed by atoms with Crippen molar-refractivity contribution in [2.75, 3.05) is 14.2 Å². The fourth-order valence-corrected chi connectivity index (χ4v) is 3.34. The average molecular weight is 312 g/mol. The number of ether oxygens (including phenoxy) is 3. The average Bonchev–Trinajstić information content (AvgIpc) is 2.61. The van der Waals surface area contributed by atoms with Crippen LogP contribution < -0.4 is 9.47 Å². The number of carbonyl (C=O) groups is 1. The van der Waals surface area contributed by atoms with Crippen molar-refractivity contribution in [3.63, 3.8) is 0 Å². The fourth-order valence-electron chi connectivity index (χ4n) is 3.34. The molecule has 0 radical (unpaired) electrons. The Kier molecular flexibility index (Phi) is 4.51. The zero-order valence-electron chi connectivity index (χ0n) is 13.3. The van der Waals surface area contributed by atoms with Crippen LogP contribution in [-0.2, 0) is 16.0 Å². The number of methoxy groups -OCH3 is 2. The van der Waals surface area contributed by atoms with E-state index in [2.05, 4.69) is 12.1 Å². The summed E-state index contributed by atoms with van der Waals surface area (Å²) in [4.78, 5) is 10.8. The summed E-state index contributed by atoms with van der Waals surface area (Å²) < 4.78 is 16.1. The van der Waals surface area contributed by atoms with Crippen molar-refractivity contribution in [2.24, 2.45) is 0 Å². The fraction of sp³-hybridized carbons (Fsp3) is 0.316. The third-order valence-electron chi connectivity index (χ3n) is 4.42. The Morgan fingerprint density at radius 2 is 1.74 bits per heavy atom. The smallest absolute Gasteiger partial charge is 0.293 e. The zero-order valence-corrected chi connectivity index (χ0v) is 13.3. The van der Waals surface area contributed by atoms with Gasteiger partial charge in [-0.3, -0.25) is 4.79 Å². The lowest BCUT2D eigenvalue weighted by Gasteiger charge is -2.31. The molecule has 2 aromatic rings. The van der Waals surface area contributed by atoms with Gasteiger partial charge in [-0.05, 0) is 35.2 Å². The summed E-state index contributed by atoms with van der Waals surface area (Å²) in [6.45, 7) is 0.540. The summed E-state index contributed by atoms with van der Waals surface area (Å²) in [7, 11) is 3.27. The highest BCUT2D eigenvalue weighted by Crippen LogP contribution is 2.42. The normalized spacial score (nSPS) is 19.6. The van der Waals surface area contributed by atoms with Gasteiger partial charge < -0.3 is 14.2 Å². The third kappa shape index (κ3) is 3.02. The van der Waals surface area contributed by atoms with E-state index in [4.69, 9.17) is 14.2 Å². The maximum absolute atomic E-state index is 10.8. The van der Waals surface area contributed by atoms with Crippen LogP contribution in [0.15, 0.2) is 42.5 Å². The summed E-state index contributed by atoms with van der Waals surface area (Å²) in [5.41, 5.74) is 3.55. The first kappa shape index (κ1) is 15.4. The molecule has 0 bridgehead atoms. The van der Waals surface area contributed by atoms with Crippen molar-refractivity contribution in [2.45, 2.75) is 24.9 Å². The summed E-state index contributed by atoms with van der Waals surface area (Å²) in [5, 5.41) is 0. The number of fused-ring (bicyclic) bond motifs is 1. The molecule has 0 saturated carbocycles.